The summed E-state index contributed by atoms with van der Waals surface area (Å²) in [5.74, 6) is 0.00633. The predicted molar refractivity (Wildman–Crippen MR) is 77.4 cm³/mol. The molecule has 0 aliphatic carbocycles. The fourth-order valence-electron chi connectivity index (χ4n) is 1.63. The third-order valence-electron chi connectivity index (χ3n) is 3.21. The van der Waals surface area contributed by atoms with Crippen LogP contribution in [0.3, 0.4) is 0 Å². The minimum Gasteiger partial charge on any atom is -0.383 e. The Morgan fingerprint density at radius 1 is 1.47 bits per heavy atom. The van der Waals surface area contributed by atoms with Gasteiger partial charge in [0.1, 0.15) is 6.07 Å². The first-order chi connectivity index (χ1) is 8.95. The molecule has 1 aromatic rings. The van der Waals surface area contributed by atoms with Gasteiger partial charge in [0.15, 0.2) is 5.78 Å². The van der Waals surface area contributed by atoms with E-state index in [2.05, 4.69) is 37.2 Å². The summed E-state index contributed by atoms with van der Waals surface area (Å²) >= 11 is 0. The average molecular weight is 259 g/mol. The molecule has 0 saturated carbocycles. The number of ketones is 1. The number of carbonyl (C=O) groups excluding carboxylic acids is 1. The van der Waals surface area contributed by atoms with Gasteiger partial charge < -0.3 is 10.2 Å². The number of carbonyl (C=O) groups is 1. The van der Waals surface area contributed by atoms with Gasteiger partial charge in [0.2, 0.25) is 0 Å². The van der Waals surface area contributed by atoms with Crippen LogP contribution in [0.4, 0.5) is 5.69 Å². The van der Waals surface area contributed by atoms with E-state index in [0.29, 0.717) is 17.2 Å². The highest BCUT2D eigenvalue weighted by atomic mass is 16.1. The molecule has 102 valence electrons. The van der Waals surface area contributed by atoms with Crippen molar-refractivity contribution in [1.82, 2.24) is 4.90 Å². The van der Waals surface area contributed by atoms with Crippen LogP contribution in [0.25, 0.3) is 0 Å². The second-order valence-electron chi connectivity index (χ2n) is 4.93. The SMILES string of the molecule is CC(=O)c1ccc(C#N)c(NCCN(C)C(C)C)c1. The molecule has 0 unspecified atom stereocenters. The summed E-state index contributed by atoms with van der Waals surface area (Å²) in [6.07, 6.45) is 0. The van der Waals surface area contributed by atoms with E-state index in [0.717, 1.165) is 18.8 Å². The molecule has 1 N–H and O–H groups in total. The van der Waals surface area contributed by atoms with E-state index in [1.54, 1.807) is 18.2 Å². The van der Waals surface area contributed by atoms with E-state index in [-0.39, 0.29) is 5.78 Å². The molecule has 0 spiro atoms. The lowest BCUT2D eigenvalue weighted by Crippen LogP contribution is -2.31. The van der Waals surface area contributed by atoms with Crippen LogP contribution in [-0.2, 0) is 0 Å². The fourth-order valence-corrected chi connectivity index (χ4v) is 1.63. The molecule has 19 heavy (non-hydrogen) atoms. The van der Waals surface area contributed by atoms with Crippen molar-refractivity contribution in [2.45, 2.75) is 26.8 Å². The Kier molecular flexibility index (Phi) is 5.53. The van der Waals surface area contributed by atoms with Gasteiger partial charge in [0.25, 0.3) is 0 Å². The lowest BCUT2D eigenvalue weighted by Gasteiger charge is -2.21. The lowest BCUT2D eigenvalue weighted by molar-refractivity contribution is 0.101. The zero-order valence-electron chi connectivity index (χ0n) is 12.0. The van der Waals surface area contributed by atoms with E-state index in [4.69, 9.17) is 5.26 Å². The van der Waals surface area contributed by atoms with Gasteiger partial charge in [0.05, 0.1) is 11.3 Å². The zero-order valence-corrected chi connectivity index (χ0v) is 12.0. The average Bonchev–Trinajstić information content (AvgIpc) is 2.38. The van der Waals surface area contributed by atoms with Crippen LogP contribution in [0.15, 0.2) is 18.2 Å². The summed E-state index contributed by atoms with van der Waals surface area (Å²) in [6, 6.07) is 7.74. The number of nitriles is 1. The molecule has 0 radical (unpaired) electrons. The normalized spacial score (nSPS) is 10.6. The molecule has 0 fully saturated rings. The molecule has 0 saturated heterocycles. The maximum absolute atomic E-state index is 11.3. The van der Waals surface area contributed by atoms with Gasteiger partial charge in [-0.3, -0.25) is 4.79 Å². The van der Waals surface area contributed by atoms with Crippen molar-refractivity contribution < 1.29 is 4.79 Å². The first-order valence-electron chi connectivity index (χ1n) is 6.45. The number of nitrogens with zero attached hydrogens (tertiary/aromatic N) is 2. The van der Waals surface area contributed by atoms with Crippen LogP contribution < -0.4 is 5.32 Å². The Morgan fingerprint density at radius 3 is 2.68 bits per heavy atom. The Labute approximate surface area is 115 Å². The monoisotopic (exact) mass is 259 g/mol. The number of nitrogens with one attached hydrogen (secondary N) is 1. The number of hydrogen-bond acceptors (Lipinski definition) is 4. The Balaban J connectivity index is 2.74. The van der Waals surface area contributed by atoms with Crippen molar-refractivity contribution in [2.75, 3.05) is 25.5 Å². The highest BCUT2D eigenvalue weighted by molar-refractivity contribution is 5.95. The minimum atomic E-state index is 0.00633. The number of benzene rings is 1. The molecule has 0 amide bonds. The fraction of sp³-hybridized carbons (Fsp3) is 0.467. The smallest absolute Gasteiger partial charge is 0.159 e. The highest BCUT2D eigenvalue weighted by Gasteiger charge is 2.07. The molecule has 1 aromatic carbocycles. The van der Waals surface area contributed by atoms with E-state index < -0.39 is 0 Å². The topological polar surface area (TPSA) is 56.1 Å². The largest absolute Gasteiger partial charge is 0.383 e. The van der Waals surface area contributed by atoms with Crippen molar-refractivity contribution in [3.8, 4) is 6.07 Å². The Bertz CT molecular complexity index is 489. The second-order valence-corrected chi connectivity index (χ2v) is 4.93. The molecular weight excluding hydrogens is 238 g/mol. The zero-order chi connectivity index (χ0) is 14.4. The summed E-state index contributed by atoms with van der Waals surface area (Å²) < 4.78 is 0. The van der Waals surface area contributed by atoms with Crippen LogP contribution in [0, 0.1) is 11.3 Å². The molecule has 0 heterocycles. The molecule has 0 bridgehead atoms. The maximum atomic E-state index is 11.3. The summed E-state index contributed by atoms with van der Waals surface area (Å²) in [6.45, 7) is 7.42. The molecule has 0 aliphatic rings. The summed E-state index contributed by atoms with van der Waals surface area (Å²) in [5.41, 5.74) is 1.92. The minimum absolute atomic E-state index is 0.00633. The standard InChI is InChI=1S/C15H21N3O/c1-11(2)18(4)8-7-17-15-9-13(12(3)19)5-6-14(15)10-16/h5-6,9,11,17H,7-8H2,1-4H3. The quantitative estimate of drug-likeness (QED) is 0.798. The third-order valence-corrected chi connectivity index (χ3v) is 3.21. The van der Waals surface area contributed by atoms with Gasteiger partial charge in [-0.25, -0.2) is 0 Å². The summed E-state index contributed by atoms with van der Waals surface area (Å²) in [7, 11) is 2.06. The van der Waals surface area contributed by atoms with Gasteiger partial charge in [-0.2, -0.15) is 5.26 Å². The number of hydrogen-bond donors (Lipinski definition) is 1. The number of Topliss-reactive ketones (excluding diaryl/α,β-unsaturated/α-hetero) is 1. The molecular formula is C15H21N3O. The van der Waals surface area contributed by atoms with Crippen LogP contribution in [0.5, 0.6) is 0 Å². The lowest BCUT2D eigenvalue weighted by atomic mass is 10.1. The van der Waals surface area contributed by atoms with Gasteiger partial charge in [-0.1, -0.05) is 0 Å². The summed E-state index contributed by atoms with van der Waals surface area (Å²) in [4.78, 5) is 13.6. The van der Waals surface area contributed by atoms with Crippen molar-refractivity contribution >= 4 is 11.5 Å². The first kappa shape index (κ1) is 15.2. The maximum Gasteiger partial charge on any atom is 0.159 e. The highest BCUT2D eigenvalue weighted by Crippen LogP contribution is 2.17. The van der Waals surface area contributed by atoms with E-state index in [1.807, 2.05) is 0 Å². The van der Waals surface area contributed by atoms with Crippen molar-refractivity contribution in [3.05, 3.63) is 29.3 Å². The van der Waals surface area contributed by atoms with Gasteiger partial charge in [0, 0.05) is 24.7 Å². The molecule has 0 aromatic heterocycles. The molecule has 4 heteroatoms. The van der Waals surface area contributed by atoms with Crippen LogP contribution in [0.2, 0.25) is 0 Å². The van der Waals surface area contributed by atoms with E-state index >= 15 is 0 Å². The molecule has 1 rings (SSSR count). The molecule has 0 atom stereocenters. The number of anilines is 1. The number of rotatable bonds is 6. The summed E-state index contributed by atoms with van der Waals surface area (Å²) in [5, 5.41) is 12.3. The van der Waals surface area contributed by atoms with Gasteiger partial charge in [-0.15, -0.1) is 0 Å². The van der Waals surface area contributed by atoms with Crippen molar-refractivity contribution in [2.24, 2.45) is 0 Å². The van der Waals surface area contributed by atoms with E-state index in [1.165, 1.54) is 6.92 Å². The number of likely N-dealkylation sites (N-methyl/N-ethyl adjacent to an activating group) is 1. The first-order valence-corrected chi connectivity index (χ1v) is 6.45. The predicted octanol–water partition coefficient (Wildman–Crippen LogP) is 2.51. The molecule has 4 nitrogen and oxygen atoms in total. The van der Waals surface area contributed by atoms with Crippen LogP contribution in [-0.4, -0.2) is 36.9 Å². The van der Waals surface area contributed by atoms with Gasteiger partial charge >= 0.3 is 0 Å². The van der Waals surface area contributed by atoms with Crippen LogP contribution >= 0.6 is 0 Å². The van der Waals surface area contributed by atoms with E-state index in [9.17, 15) is 4.79 Å². The molecule has 0 aliphatic heterocycles. The third kappa shape index (κ3) is 4.38. The van der Waals surface area contributed by atoms with Crippen molar-refractivity contribution in [3.63, 3.8) is 0 Å². The van der Waals surface area contributed by atoms with Crippen molar-refractivity contribution in [1.29, 1.82) is 5.26 Å². The Hall–Kier alpha value is -1.86. The van der Waals surface area contributed by atoms with Crippen LogP contribution in [0.1, 0.15) is 36.7 Å². The van der Waals surface area contributed by atoms with Gasteiger partial charge in [-0.05, 0) is 46.0 Å². The second kappa shape index (κ2) is 6.91. The Morgan fingerprint density at radius 2 is 2.16 bits per heavy atom.